The van der Waals surface area contributed by atoms with Gasteiger partial charge in [0.1, 0.15) is 5.75 Å². The van der Waals surface area contributed by atoms with Crippen LogP contribution in [0.2, 0.25) is 0 Å². The molecule has 0 amide bonds. The van der Waals surface area contributed by atoms with Crippen molar-refractivity contribution in [1.82, 2.24) is 0 Å². The zero-order chi connectivity index (χ0) is 13.0. The first kappa shape index (κ1) is 12.7. The van der Waals surface area contributed by atoms with Gasteiger partial charge in [-0.15, -0.1) is 0 Å². The van der Waals surface area contributed by atoms with Crippen molar-refractivity contribution in [2.45, 2.75) is 26.2 Å². The second-order valence-corrected chi connectivity index (χ2v) is 4.51. The Morgan fingerprint density at radius 1 is 1.06 bits per heavy atom. The van der Waals surface area contributed by atoms with Gasteiger partial charge in [-0.1, -0.05) is 43.7 Å². The van der Waals surface area contributed by atoms with Gasteiger partial charge in [-0.25, -0.2) is 0 Å². The van der Waals surface area contributed by atoms with Crippen molar-refractivity contribution >= 4 is 0 Å². The largest absolute Gasteiger partial charge is 0.507 e. The van der Waals surface area contributed by atoms with E-state index >= 15 is 0 Å². The Bertz CT molecular complexity index is 529. The lowest BCUT2D eigenvalue weighted by Gasteiger charge is -2.11. The zero-order valence-corrected chi connectivity index (χ0v) is 10.8. The van der Waals surface area contributed by atoms with Crippen LogP contribution < -0.4 is 0 Å². The fourth-order valence-corrected chi connectivity index (χ4v) is 2.24. The maximum atomic E-state index is 10.1. The number of hydrogen-bond donors (Lipinski definition) is 1. The molecule has 0 heterocycles. The molecule has 93 valence electrons. The summed E-state index contributed by atoms with van der Waals surface area (Å²) in [6.07, 6.45) is 2.88. The average molecular weight is 239 g/mol. The summed E-state index contributed by atoms with van der Waals surface area (Å²) < 4.78 is 0. The molecule has 0 aliphatic rings. The molecule has 0 bridgehead atoms. The molecule has 0 aliphatic carbocycles. The Kier molecular flexibility index (Phi) is 4.03. The molecule has 2 rings (SSSR count). The normalized spacial score (nSPS) is 10.6. The molecule has 1 heteroatoms. The summed E-state index contributed by atoms with van der Waals surface area (Å²) in [7, 11) is 0. The lowest BCUT2D eigenvalue weighted by molar-refractivity contribution is 0.477. The van der Waals surface area contributed by atoms with Gasteiger partial charge < -0.3 is 5.11 Å². The predicted molar refractivity (Wildman–Crippen MR) is 76.6 cm³/mol. The number of aryl methyl sites for hydroxylation is 1. The molecule has 0 unspecified atom stereocenters. The van der Waals surface area contributed by atoms with Crippen LogP contribution in [0, 0.1) is 6.92 Å². The third-order valence-corrected chi connectivity index (χ3v) is 3.18. The molecule has 1 radical (unpaired) electrons. The van der Waals surface area contributed by atoms with Gasteiger partial charge in [0.05, 0.1) is 0 Å². The summed E-state index contributed by atoms with van der Waals surface area (Å²) in [6.45, 7) is 6.11. The topological polar surface area (TPSA) is 20.2 Å². The van der Waals surface area contributed by atoms with Crippen LogP contribution in [0.4, 0.5) is 0 Å². The molecule has 1 N–H and O–H groups in total. The molecule has 0 saturated carbocycles. The van der Waals surface area contributed by atoms with Gasteiger partial charge in [0, 0.05) is 5.56 Å². The number of aromatic hydroxyl groups is 1. The van der Waals surface area contributed by atoms with Gasteiger partial charge in [-0.05, 0) is 48.6 Å². The minimum atomic E-state index is 0.343. The highest BCUT2D eigenvalue weighted by Crippen LogP contribution is 2.32. The Labute approximate surface area is 109 Å². The van der Waals surface area contributed by atoms with Crippen LogP contribution in [0.3, 0.4) is 0 Å². The van der Waals surface area contributed by atoms with Crippen LogP contribution in [0.1, 0.15) is 24.5 Å². The molecule has 0 aliphatic heterocycles. The minimum absolute atomic E-state index is 0.343. The van der Waals surface area contributed by atoms with Crippen LogP contribution in [-0.2, 0) is 12.8 Å². The van der Waals surface area contributed by atoms with E-state index in [4.69, 9.17) is 0 Å². The zero-order valence-electron chi connectivity index (χ0n) is 10.8. The van der Waals surface area contributed by atoms with Gasteiger partial charge in [0.2, 0.25) is 0 Å². The van der Waals surface area contributed by atoms with Crippen molar-refractivity contribution in [3.63, 3.8) is 0 Å². The van der Waals surface area contributed by atoms with Crippen molar-refractivity contribution in [1.29, 1.82) is 0 Å². The van der Waals surface area contributed by atoms with Crippen molar-refractivity contribution in [3.8, 4) is 16.9 Å². The third kappa shape index (κ3) is 2.56. The molecule has 1 nitrogen and oxygen atoms in total. The van der Waals surface area contributed by atoms with E-state index in [0.29, 0.717) is 5.75 Å². The lowest BCUT2D eigenvalue weighted by Crippen LogP contribution is -1.90. The highest BCUT2D eigenvalue weighted by atomic mass is 16.3. The summed E-state index contributed by atoms with van der Waals surface area (Å²) in [6, 6.07) is 14.0. The summed E-state index contributed by atoms with van der Waals surface area (Å²) in [5.41, 5.74) is 4.44. The van der Waals surface area contributed by atoms with Gasteiger partial charge in [-0.2, -0.15) is 0 Å². The molecular weight excluding hydrogens is 220 g/mol. The van der Waals surface area contributed by atoms with Crippen molar-refractivity contribution in [2.75, 3.05) is 0 Å². The summed E-state index contributed by atoms with van der Waals surface area (Å²) in [4.78, 5) is 0. The van der Waals surface area contributed by atoms with E-state index in [-0.39, 0.29) is 0 Å². The molecule has 18 heavy (non-hydrogen) atoms. The van der Waals surface area contributed by atoms with E-state index in [9.17, 15) is 5.11 Å². The Morgan fingerprint density at radius 3 is 2.56 bits per heavy atom. The highest BCUT2D eigenvalue weighted by Gasteiger charge is 2.08. The van der Waals surface area contributed by atoms with E-state index in [1.807, 2.05) is 24.3 Å². The number of phenols is 1. The second-order valence-electron chi connectivity index (χ2n) is 4.51. The van der Waals surface area contributed by atoms with E-state index < -0.39 is 0 Å². The maximum absolute atomic E-state index is 10.1. The fourth-order valence-electron chi connectivity index (χ4n) is 2.24. The molecule has 0 aromatic heterocycles. The summed E-state index contributed by atoms with van der Waals surface area (Å²) in [5, 5.41) is 10.1. The van der Waals surface area contributed by atoms with Crippen LogP contribution in [0.5, 0.6) is 5.75 Å². The Hall–Kier alpha value is -1.76. The van der Waals surface area contributed by atoms with Gasteiger partial charge in [-0.3, -0.25) is 0 Å². The van der Waals surface area contributed by atoms with Crippen molar-refractivity contribution in [2.24, 2.45) is 0 Å². The van der Waals surface area contributed by atoms with Crippen LogP contribution in [0.15, 0.2) is 42.5 Å². The SMILES string of the molecule is [CH2]Cc1ccccc1-c1cc(CCC)ccc1O. The van der Waals surface area contributed by atoms with E-state index in [1.165, 1.54) is 11.1 Å². The summed E-state index contributed by atoms with van der Waals surface area (Å²) in [5.74, 6) is 0.343. The van der Waals surface area contributed by atoms with Gasteiger partial charge in [0.15, 0.2) is 0 Å². The first-order valence-electron chi connectivity index (χ1n) is 6.45. The highest BCUT2D eigenvalue weighted by molar-refractivity contribution is 5.73. The van der Waals surface area contributed by atoms with E-state index in [0.717, 1.165) is 30.4 Å². The van der Waals surface area contributed by atoms with E-state index in [2.05, 4.69) is 26.0 Å². The first-order chi connectivity index (χ1) is 8.76. The van der Waals surface area contributed by atoms with Gasteiger partial charge >= 0.3 is 0 Å². The molecule has 0 spiro atoms. The molecule has 2 aromatic rings. The average Bonchev–Trinajstić information content (AvgIpc) is 2.41. The monoisotopic (exact) mass is 239 g/mol. The van der Waals surface area contributed by atoms with E-state index in [1.54, 1.807) is 6.07 Å². The number of rotatable bonds is 4. The maximum Gasteiger partial charge on any atom is 0.123 e. The smallest absolute Gasteiger partial charge is 0.123 e. The molecule has 0 saturated heterocycles. The van der Waals surface area contributed by atoms with Crippen molar-refractivity contribution in [3.05, 3.63) is 60.5 Å². The Balaban J connectivity index is 2.51. The van der Waals surface area contributed by atoms with Crippen LogP contribution in [-0.4, -0.2) is 5.11 Å². The first-order valence-corrected chi connectivity index (χ1v) is 6.45. The third-order valence-electron chi connectivity index (χ3n) is 3.18. The second kappa shape index (κ2) is 5.72. The van der Waals surface area contributed by atoms with Crippen LogP contribution >= 0.6 is 0 Å². The molecular formula is C17H19O. The lowest BCUT2D eigenvalue weighted by atomic mass is 9.95. The number of phenolic OH excluding ortho intramolecular Hbond substituents is 1. The quantitative estimate of drug-likeness (QED) is 0.839. The fraction of sp³-hybridized carbons (Fsp3) is 0.235. The number of benzene rings is 2. The summed E-state index contributed by atoms with van der Waals surface area (Å²) >= 11 is 0. The van der Waals surface area contributed by atoms with Crippen molar-refractivity contribution < 1.29 is 5.11 Å². The minimum Gasteiger partial charge on any atom is -0.507 e. The molecule has 0 fully saturated rings. The number of hydrogen-bond acceptors (Lipinski definition) is 1. The Morgan fingerprint density at radius 2 is 1.83 bits per heavy atom. The molecule has 2 aromatic carbocycles. The molecule has 0 atom stereocenters. The van der Waals surface area contributed by atoms with Crippen LogP contribution in [0.25, 0.3) is 11.1 Å². The standard InChI is InChI=1S/C17H19O/c1-3-7-13-10-11-17(18)16(12-13)15-9-6-5-8-14(15)4-2/h5-6,8-12,18H,2-4,7H2,1H3. The predicted octanol–water partition coefficient (Wildman–Crippen LogP) is 4.39. The van der Waals surface area contributed by atoms with Gasteiger partial charge in [0.25, 0.3) is 0 Å².